The molecule has 3 nitrogen and oxygen atoms in total. The zero-order chi connectivity index (χ0) is 15.5. The second kappa shape index (κ2) is 6.62. The minimum atomic E-state index is -1.00. The summed E-state index contributed by atoms with van der Waals surface area (Å²) in [6, 6.07) is 15.2. The Bertz CT molecular complexity index is 660. The van der Waals surface area contributed by atoms with Crippen molar-refractivity contribution in [3.8, 4) is 0 Å². The summed E-state index contributed by atoms with van der Waals surface area (Å²) in [5.74, 6) is -0.356. The largest absolute Gasteiger partial charge is 0.467 e. The van der Waals surface area contributed by atoms with Crippen molar-refractivity contribution in [1.29, 1.82) is 0 Å². The van der Waals surface area contributed by atoms with Gasteiger partial charge in [-0.05, 0) is 41.1 Å². The van der Waals surface area contributed by atoms with Crippen LogP contribution < -0.4 is 5.32 Å². The van der Waals surface area contributed by atoms with Crippen LogP contribution in [0.15, 0.2) is 57.5 Å². The molecule has 0 saturated heterocycles. The van der Waals surface area contributed by atoms with E-state index in [0.717, 1.165) is 20.2 Å². The lowest BCUT2D eigenvalue weighted by molar-refractivity contribution is -0.145. The Kier molecular flexibility index (Phi) is 5.06. The molecule has 0 aliphatic heterocycles. The van der Waals surface area contributed by atoms with Gasteiger partial charge in [0.15, 0.2) is 5.54 Å². The number of carbonyl (C=O) groups is 1. The molecule has 2 rings (SSSR count). The van der Waals surface area contributed by atoms with E-state index in [1.54, 1.807) is 6.92 Å². The van der Waals surface area contributed by atoms with Crippen LogP contribution in [0.1, 0.15) is 12.5 Å². The van der Waals surface area contributed by atoms with Crippen molar-refractivity contribution in [2.75, 3.05) is 12.4 Å². The smallest absolute Gasteiger partial charge is 0.335 e. The molecule has 0 fully saturated rings. The van der Waals surface area contributed by atoms with Crippen molar-refractivity contribution in [3.63, 3.8) is 0 Å². The van der Waals surface area contributed by atoms with Crippen LogP contribution in [-0.2, 0) is 15.1 Å². The predicted octanol–water partition coefficient (Wildman–Crippen LogP) is 4.71. The van der Waals surface area contributed by atoms with Gasteiger partial charge in [0.2, 0.25) is 0 Å². The van der Waals surface area contributed by atoms with Crippen molar-refractivity contribution >= 4 is 43.5 Å². The molecule has 2 aromatic rings. The number of hydrogen-bond donors (Lipinski definition) is 1. The Balaban J connectivity index is 2.51. The molecule has 5 heteroatoms. The zero-order valence-electron chi connectivity index (χ0n) is 11.7. The second-order valence-corrected chi connectivity index (χ2v) is 6.41. The third kappa shape index (κ3) is 3.30. The maximum absolute atomic E-state index is 12.4. The van der Waals surface area contributed by atoms with E-state index in [1.807, 2.05) is 48.5 Å². The number of anilines is 1. The molecule has 0 radical (unpaired) electrons. The number of rotatable bonds is 4. The molecule has 0 bridgehead atoms. The molecule has 1 N–H and O–H groups in total. The van der Waals surface area contributed by atoms with Crippen molar-refractivity contribution in [1.82, 2.24) is 0 Å². The summed E-state index contributed by atoms with van der Waals surface area (Å²) in [6.45, 7) is 1.80. The van der Waals surface area contributed by atoms with Crippen LogP contribution in [0.4, 0.5) is 5.69 Å². The van der Waals surface area contributed by atoms with Gasteiger partial charge in [0, 0.05) is 20.2 Å². The lowest BCUT2D eigenvalue weighted by atomic mass is 9.91. The van der Waals surface area contributed by atoms with Crippen molar-refractivity contribution < 1.29 is 9.53 Å². The number of hydrogen-bond acceptors (Lipinski definition) is 3. The quantitative estimate of drug-likeness (QED) is 0.738. The fourth-order valence-electron chi connectivity index (χ4n) is 2.13. The van der Waals surface area contributed by atoms with Gasteiger partial charge in [0.25, 0.3) is 0 Å². The van der Waals surface area contributed by atoms with Crippen molar-refractivity contribution in [2.24, 2.45) is 0 Å². The number of nitrogens with one attached hydrogen (secondary N) is 1. The van der Waals surface area contributed by atoms with Gasteiger partial charge in [0.1, 0.15) is 0 Å². The van der Waals surface area contributed by atoms with Gasteiger partial charge in [-0.1, -0.05) is 46.3 Å². The molecule has 1 atom stereocenters. The molecular weight excluding hydrogens is 398 g/mol. The van der Waals surface area contributed by atoms with Gasteiger partial charge >= 0.3 is 5.97 Å². The molecule has 0 aromatic heterocycles. The molecule has 0 aliphatic rings. The van der Waals surface area contributed by atoms with Crippen LogP contribution in [0.3, 0.4) is 0 Å². The first-order valence-corrected chi connectivity index (χ1v) is 7.94. The highest BCUT2D eigenvalue weighted by Crippen LogP contribution is 2.34. The fraction of sp³-hybridized carbons (Fsp3) is 0.188. The summed E-state index contributed by atoms with van der Waals surface area (Å²) in [7, 11) is 1.39. The van der Waals surface area contributed by atoms with Gasteiger partial charge in [-0.25, -0.2) is 4.79 Å². The molecule has 0 saturated carbocycles. The van der Waals surface area contributed by atoms with E-state index in [-0.39, 0.29) is 5.97 Å². The van der Waals surface area contributed by atoms with E-state index < -0.39 is 5.54 Å². The number of ether oxygens (including phenoxy) is 1. The molecule has 2 aromatic carbocycles. The predicted molar refractivity (Wildman–Crippen MR) is 91.3 cm³/mol. The number of carbonyl (C=O) groups excluding carboxylic acids is 1. The molecule has 110 valence electrons. The molecule has 0 aliphatic carbocycles. The van der Waals surface area contributed by atoms with Crippen molar-refractivity contribution in [2.45, 2.75) is 12.5 Å². The second-order valence-electron chi connectivity index (χ2n) is 4.70. The Morgan fingerprint density at radius 1 is 1.05 bits per heavy atom. The molecule has 0 spiro atoms. The van der Waals surface area contributed by atoms with Gasteiger partial charge in [-0.2, -0.15) is 0 Å². The van der Waals surface area contributed by atoms with E-state index in [9.17, 15) is 4.79 Å². The van der Waals surface area contributed by atoms with E-state index in [2.05, 4.69) is 37.2 Å². The topological polar surface area (TPSA) is 38.3 Å². The molecule has 0 amide bonds. The average Bonchev–Trinajstić information content (AvgIpc) is 2.49. The van der Waals surface area contributed by atoms with Crippen LogP contribution in [0.5, 0.6) is 0 Å². The maximum Gasteiger partial charge on any atom is 0.335 e. The number of benzene rings is 2. The maximum atomic E-state index is 12.4. The highest BCUT2D eigenvalue weighted by molar-refractivity contribution is 9.11. The van der Waals surface area contributed by atoms with Crippen molar-refractivity contribution in [3.05, 3.63) is 63.0 Å². The minimum Gasteiger partial charge on any atom is -0.467 e. The highest BCUT2D eigenvalue weighted by Gasteiger charge is 2.38. The Labute approximate surface area is 141 Å². The van der Waals surface area contributed by atoms with E-state index >= 15 is 0 Å². The lowest BCUT2D eigenvalue weighted by Crippen LogP contribution is -2.41. The first-order valence-electron chi connectivity index (χ1n) is 6.35. The Hall–Kier alpha value is -1.33. The average molecular weight is 413 g/mol. The molecule has 21 heavy (non-hydrogen) atoms. The Morgan fingerprint density at radius 3 is 2.19 bits per heavy atom. The zero-order valence-corrected chi connectivity index (χ0v) is 14.9. The third-order valence-electron chi connectivity index (χ3n) is 3.26. The van der Waals surface area contributed by atoms with Crippen LogP contribution >= 0.6 is 31.9 Å². The first kappa shape index (κ1) is 16.0. The normalized spacial score (nSPS) is 13.3. The van der Waals surface area contributed by atoms with Gasteiger partial charge in [-0.3, -0.25) is 0 Å². The van der Waals surface area contributed by atoms with E-state index in [4.69, 9.17) is 4.74 Å². The minimum absolute atomic E-state index is 0.356. The summed E-state index contributed by atoms with van der Waals surface area (Å²) in [4.78, 5) is 12.4. The van der Waals surface area contributed by atoms with Crippen LogP contribution in [0, 0.1) is 0 Å². The number of esters is 1. The van der Waals surface area contributed by atoms with E-state index in [1.165, 1.54) is 7.11 Å². The van der Waals surface area contributed by atoms with Crippen LogP contribution in [-0.4, -0.2) is 13.1 Å². The molecule has 0 heterocycles. The summed E-state index contributed by atoms with van der Waals surface area (Å²) in [5.41, 5.74) is 0.632. The summed E-state index contributed by atoms with van der Waals surface area (Å²) in [5, 5.41) is 3.28. The van der Waals surface area contributed by atoms with Crippen LogP contribution in [0.25, 0.3) is 0 Å². The first-order chi connectivity index (χ1) is 9.99. The monoisotopic (exact) mass is 411 g/mol. The molecular formula is C16H15Br2NO2. The summed E-state index contributed by atoms with van der Waals surface area (Å²) >= 11 is 6.99. The SMILES string of the molecule is COC(=O)C(C)(Nc1ccccc1Br)c1ccccc1Br. The highest BCUT2D eigenvalue weighted by atomic mass is 79.9. The summed E-state index contributed by atoms with van der Waals surface area (Å²) in [6.07, 6.45) is 0. The molecule has 1 unspecified atom stereocenters. The van der Waals surface area contributed by atoms with Gasteiger partial charge in [-0.15, -0.1) is 0 Å². The number of methoxy groups -OCH3 is 1. The summed E-state index contributed by atoms with van der Waals surface area (Å²) < 4.78 is 6.73. The lowest BCUT2D eigenvalue weighted by Gasteiger charge is -2.30. The standard InChI is InChI=1S/C16H15Br2NO2/c1-16(15(20)21-2,11-7-3-4-8-12(11)17)19-14-10-6-5-9-13(14)18/h3-10,19H,1-2H3. The van der Waals surface area contributed by atoms with Gasteiger partial charge in [0.05, 0.1) is 7.11 Å². The number of halogens is 2. The van der Waals surface area contributed by atoms with Gasteiger partial charge < -0.3 is 10.1 Å². The third-order valence-corrected chi connectivity index (χ3v) is 4.65. The Morgan fingerprint density at radius 2 is 1.62 bits per heavy atom. The van der Waals surface area contributed by atoms with Crippen LogP contribution in [0.2, 0.25) is 0 Å². The fourth-order valence-corrected chi connectivity index (χ4v) is 3.20. The van der Waals surface area contributed by atoms with E-state index in [0.29, 0.717) is 0 Å². The number of para-hydroxylation sites is 1.